The van der Waals surface area contributed by atoms with Gasteiger partial charge in [0.1, 0.15) is 0 Å². The van der Waals surface area contributed by atoms with Gasteiger partial charge in [-0.05, 0) is 18.2 Å². The van der Waals surface area contributed by atoms with E-state index in [0.717, 1.165) is 0 Å². The topological polar surface area (TPSA) is 120 Å². The second kappa shape index (κ2) is 8.53. The van der Waals surface area contributed by atoms with Gasteiger partial charge in [-0.3, -0.25) is 4.72 Å². The summed E-state index contributed by atoms with van der Waals surface area (Å²) in [6, 6.07) is 5.99. The molecule has 1 aromatic carbocycles. The quantitative estimate of drug-likeness (QED) is 0.587. The van der Waals surface area contributed by atoms with Gasteiger partial charge in [0.25, 0.3) is 10.0 Å². The molecule has 0 bridgehead atoms. The largest absolute Gasteiger partial charge is 0.480 e. The van der Waals surface area contributed by atoms with E-state index in [0.29, 0.717) is 11.1 Å². The van der Waals surface area contributed by atoms with Crippen molar-refractivity contribution < 1.29 is 13.2 Å². The molecule has 29 heavy (non-hydrogen) atoms. The monoisotopic (exact) mass is 449 g/mol. The Kier molecular flexibility index (Phi) is 6.08. The lowest BCUT2D eigenvalue weighted by molar-refractivity contribution is 0.385. The van der Waals surface area contributed by atoms with Crippen LogP contribution in [-0.2, 0) is 10.0 Å². The van der Waals surface area contributed by atoms with Crippen molar-refractivity contribution in [2.24, 2.45) is 0 Å². The number of sulfonamides is 1. The van der Waals surface area contributed by atoms with Crippen LogP contribution >= 0.6 is 23.2 Å². The number of pyridine rings is 1. The first kappa shape index (κ1) is 20.7. The lowest BCUT2D eigenvalue weighted by Gasteiger charge is -2.12. The number of nitrogens with one attached hydrogen (secondary N) is 1. The van der Waals surface area contributed by atoms with Crippen LogP contribution in [-0.4, -0.2) is 30.5 Å². The highest BCUT2D eigenvalue weighted by molar-refractivity contribution is 7.92. The molecule has 2 aromatic heterocycles. The molecule has 11 heteroatoms. The molecule has 0 aliphatic heterocycles. The Balaban J connectivity index is 1.94. The minimum Gasteiger partial charge on any atom is -0.480 e. The third kappa shape index (κ3) is 4.86. The molecule has 0 aliphatic carbocycles. The van der Waals surface area contributed by atoms with Gasteiger partial charge in [-0.1, -0.05) is 41.1 Å². The molecule has 3 aromatic rings. The van der Waals surface area contributed by atoms with E-state index >= 15 is 0 Å². The molecule has 0 fully saturated rings. The van der Waals surface area contributed by atoms with Crippen LogP contribution in [0.4, 0.5) is 11.6 Å². The molecule has 0 spiro atoms. The fourth-order valence-corrected chi connectivity index (χ4v) is 3.92. The smallest absolute Gasteiger partial charge is 0.267 e. The number of methoxy groups -OCH3 is 1. The Morgan fingerprint density at radius 1 is 1.10 bits per heavy atom. The number of aromatic nitrogens is 3. The van der Waals surface area contributed by atoms with Crippen LogP contribution in [0.1, 0.15) is 11.1 Å². The molecular weight excluding hydrogens is 437 g/mol. The predicted octanol–water partition coefficient (Wildman–Crippen LogP) is 2.97. The van der Waals surface area contributed by atoms with E-state index in [1.165, 1.54) is 37.8 Å². The van der Waals surface area contributed by atoms with Gasteiger partial charge in [-0.2, -0.15) is 0 Å². The number of hydrogen-bond acceptors (Lipinski definition) is 7. The molecule has 0 saturated heterocycles. The average Bonchev–Trinajstić information content (AvgIpc) is 2.70. The zero-order valence-corrected chi connectivity index (χ0v) is 17.2. The Hall–Kier alpha value is -3.06. The molecule has 3 N–H and O–H groups in total. The highest BCUT2D eigenvalue weighted by atomic mass is 35.5. The number of halogens is 2. The summed E-state index contributed by atoms with van der Waals surface area (Å²) in [6.45, 7) is 0. The normalized spacial score (nSPS) is 10.7. The third-order valence-electron chi connectivity index (χ3n) is 3.52. The van der Waals surface area contributed by atoms with Crippen LogP contribution < -0.4 is 15.2 Å². The van der Waals surface area contributed by atoms with Crippen molar-refractivity contribution in [3.8, 4) is 17.7 Å². The minimum atomic E-state index is -4.08. The number of nitrogens with zero attached hydrogens (tertiary/aromatic N) is 3. The number of rotatable bonds is 4. The Labute approximate surface area is 177 Å². The molecule has 0 atom stereocenters. The Bertz CT molecular complexity index is 1220. The standard InChI is InChI=1S/C18H13Cl2N5O3S/c1-28-17-15(7-13(19)10-22-17)29(26,27)25-14-4-2-3-12(16(14)20)6-5-11-8-23-18(21)24-9-11/h2-4,7-10,25H,1H3,(H2,21,23,24). The van der Waals surface area contributed by atoms with Crippen LogP contribution in [0.2, 0.25) is 10.0 Å². The van der Waals surface area contributed by atoms with E-state index in [1.807, 2.05) is 0 Å². The average molecular weight is 450 g/mol. The van der Waals surface area contributed by atoms with E-state index < -0.39 is 10.0 Å². The van der Waals surface area contributed by atoms with Crippen molar-refractivity contribution in [2.75, 3.05) is 17.6 Å². The maximum Gasteiger partial charge on any atom is 0.267 e. The highest BCUT2D eigenvalue weighted by Crippen LogP contribution is 2.30. The molecule has 3 rings (SSSR count). The second-order valence-corrected chi connectivity index (χ2v) is 7.98. The fourth-order valence-electron chi connectivity index (χ4n) is 2.20. The summed E-state index contributed by atoms with van der Waals surface area (Å²) in [5, 5.41) is 0.261. The van der Waals surface area contributed by atoms with Gasteiger partial charge in [-0.15, -0.1) is 0 Å². The van der Waals surface area contributed by atoms with E-state index in [1.54, 1.807) is 12.1 Å². The van der Waals surface area contributed by atoms with Crippen molar-refractivity contribution >= 4 is 44.9 Å². The number of ether oxygens (including phenoxy) is 1. The number of benzene rings is 1. The second-order valence-electron chi connectivity index (χ2n) is 5.51. The van der Waals surface area contributed by atoms with Gasteiger partial charge in [0.05, 0.1) is 28.4 Å². The molecule has 0 radical (unpaired) electrons. The first-order valence-corrected chi connectivity index (χ1v) is 10.1. The number of nitrogen functional groups attached to an aromatic ring is 1. The zero-order chi connectivity index (χ0) is 21.0. The van der Waals surface area contributed by atoms with Gasteiger partial charge >= 0.3 is 0 Å². The van der Waals surface area contributed by atoms with Gasteiger partial charge in [0.2, 0.25) is 11.8 Å². The molecule has 8 nitrogen and oxygen atoms in total. The fraction of sp³-hybridized carbons (Fsp3) is 0.0556. The Morgan fingerprint density at radius 2 is 1.83 bits per heavy atom. The zero-order valence-electron chi connectivity index (χ0n) is 14.8. The summed E-state index contributed by atoms with van der Waals surface area (Å²) >= 11 is 12.2. The SMILES string of the molecule is COc1ncc(Cl)cc1S(=O)(=O)Nc1cccc(C#Cc2cnc(N)nc2)c1Cl. The van der Waals surface area contributed by atoms with E-state index in [2.05, 4.69) is 31.5 Å². The van der Waals surface area contributed by atoms with Gasteiger partial charge in [0.15, 0.2) is 4.90 Å². The predicted molar refractivity (Wildman–Crippen MR) is 110 cm³/mol. The summed E-state index contributed by atoms with van der Waals surface area (Å²) < 4.78 is 33.0. The summed E-state index contributed by atoms with van der Waals surface area (Å²) in [6.07, 6.45) is 4.21. The lowest BCUT2D eigenvalue weighted by atomic mass is 10.2. The first-order chi connectivity index (χ1) is 13.8. The van der Waals surface area contributed by atoms with Crippen molar-refractivity contribution in [1.29, 1.82) is 0 Å². The van der Waals surface area contributed by atoms with Crippen molar-refractivity contribution in [1.82, 2.24) is 15.0 Å². The summed E-state index contributed by atoms with van der Waals surface area (Å²) in [4.78, 5) is 11.3. The van der Waals surface area contributed by atoms with E-state index in [-0.39, 0.29) is 32.5 Å². The maximum absolute atomic E-state index is 12.8. The number of nitrogens with two attached hydrogens (primary N) is 1. The van der Waals surface area contributed by atoms with Crippen LogP contribution in [0.15, 0.2) is 47.8 Å². The molecule has 0 unspecified atom stereocenters. The molecule has 0 saturated carbocycles. The van der Waals surface area contributed by atoms with Crippen molar-refractivity contribution in [3.63, 3.8) is 0 Å². The first-order valence-electron chi connectivity index (χ1n) is 7.90. The van der Waals surface area contributed by atoms with Gasteiger partial charge in [0, 0.05) is 24.2 Å². The van der Waals surface area contributed by atoms with Crippen LogP contribution in [0.5, 0.6) is 5.88 Å². The van der Waals surface area contributed by atoms with E-state index in [9.17, 15) is 8.42 Å². The van der Waals surface area contributed by atoms with E-state index in [4.69, 9.17) is 33.7 Å². The summed E-state index contributed by atoms with van der Waals surface area (Å²) in [5.41, 5.74) is 6.50. The minimum absolute atomic E-state index is 0.0997. The Morgan fingerprint density at radius 3 is 2.52 bits per heavy atom. The third-order valence-corrected chi connectivity index (χ3v) is 5.50. The summed E-state index contributed by atoms with van der Waals surface area (Å²) in [5.74, 6) is 5.72. The highest BCUT2D eigenvalue weighted by Gasteiger charge is 2.22. The van der Waals surface area contributed by atoms with Crippen LogP contribution in [0.25, 0.3) is 0 Å². The molecule has 0 amide bonds. The molecule has 2 heterocycles. The van der Waals surface area contributed by atoms with Crippen molar-refractivity contribution in [3.05, 3.63) is 64.0 Å². The number of anilines is 2. The molecular formula is C18H13Cl2N5O3S. The van der Waals surface area contributed by atoms with Crippen LogP contribution in [0, 0.1) is 11.8 Å². The number of hydrogen-bond donors (Lipinski definition) is 2. The lowest BCUT2D eigenvalue weighted by Crippen LogP contribution is -2.15. The molecule has 148 valence electrons. The van der Waals surface area contributed by atoms with Crippen molar-refractivity contribution in [2.45, 2.75) is 4.90 Å². The maximum atomic E-state index is 12.8. The van der Waals surface area contributed by atoms with Crippen LogP contribution in [0.3, 0.4) is 0 Å². The molecule has 0 aliphatic rings. The summed E-state index contributed by atoms with van der Waals surface area (Å²) in [7, 11) is -2.77. The van der Waals surface area contributed by atoms with Gasteiger partial charge in [-0.25, -0.2) is 23.4 Å². The van der Waals surface area contributed by atoms with Gasteiger partial charge < -0.3 is 10.5 Å².